The van der Waals surface area contributed by atoms with Crippen LogP contribution in [0, 0.1) is 11.8 Å². The summed E-state index contributed by atoms with van der Waals surface area (Å²) < 4.78 is 32.7. The summed E-state index contributed by atoms with van der Waals surface area (Å²) in [7, 11) is 1.58. The second kappa shape index (κ2) is 13.2. The maximum Gasteiger partial charge on any atom is 0.341 e. The minimum Gasteiger partial charge on any atom is -0.489 e. The van der Waals surface area contributed by atoms with Gasteiger partial charge in [0.1, 0.15) is 17.4 Å². The molecule has 1 aliphatic rings. The van der Waals surface area contributed by atoms with E-state index >= 15 is 0 Å². The summed E-state index contributed by atoms with van der Waals surface area (Å²) in [6.07, 6.45) is 4.44. The van der Waals surface area contributed by atoms with Crippen LogP contribution in [0.3, 0.4) is 0 Å². The number of carbonyl (C=O) groups is 1. The number of fused-ring (bicyclic) bond motifs is 1. The number of rotatable bonds is 12. The second-order valence-corrected chi connectivity index (χ2v) is 11.2. The van der Waals surface area contributed by atoms with Gasteiger partial charge in [0.25, 0.3) is 0 Å². The number of aryl methyl sites for hydroxylation is 2. The molecule has 0 saturated carbocycles. The SMILES string of the molecule is CCc1ccc(N(CC(C)C)S(=O)c2cc3c(c(C(=O)OC)c2)OC(C(CC)CCOC)CC3)cc1. The highest BCUT2D eigenvalue weighted by Gasteiger charge is 2.32. The average Bonchev–Trinajstić information content (AvgIpc) is 2.90. The fourth-order valence-corrected chi connectivity index (χ4v) is 6.20. The maximum absolute atomic E-state index is 14.0. The molecule has 0 aromatic heterocycles. The molecule has 0 aliphatic carbocycles. The van der Waals surface area contributed by atoms with E-state index in [1.165, 1.54) is 12.7 Å². The Morgan fingerprint density at radius 3 is 2.47 bits per heavy atom. The van der Waals surface area contributed by atoms with Gasteiger partial charge >= 0.3 is 5.97 Å². The summed E-state index contributed by atoms with van der Waals surface area (Å²) in [6.45, 7) is 9.80. The molecule has 0 amide bonds. The van der Waals surface area contributed by atoms with Gasteiger partial charge in [0.05, 0.1) is 12.0 Å². The molecule has 6 nitrogen and oxygen atoms in total. The van der Waals surface area contributed by atoms with Crippen LogP contribution in [0.15, 0.2) is 41.3 Å². The number of carbonyl (C=O) groups excluding carboxylic acids is 1. The average molecular weight is 516 g/mol. The Balaban J connectivity index is 1.98. The molecule has 2 aromatic carbocycles. The molecule has 198 valence electrons. The molecular formula is C29H41NO5S. The molecule has 1 heterocycles. The van der Waals surface area contributed by atoms with E-state index in [-0.39, 0.29) is 6.10 Å². The van der Waals surface area contributed by atoms with E-state index in [2.05, 4.69) is 39.8 Å². The van der Waals surface area contributed by atoms with E-state index in [9.17, 15) is 9.00 Å². The molecule has 0 radical (unpaired) electrons. The lowest BCUT2D eigenvalue weighted by molar-refractivity contribution is 0.0565. The van der Waals surface area contributed by atoms with Crippen molar-refractivity contribution in [3.05, 3.63) is 53.1 Å². The zero-order chi connectivity index (χ0) is 26.2. The highest BCUT2D eigenvalue weighted by atomic mass is 32.2. The van der Waals surface area contributed by atoms with Crippen molar-refractivity contribution in [2.24, 2.45) is 11.8 Å². The number of benzene rings is 2. The fraction of sp³-hybridized carbons (Fsp3) is 0.552. The molecule has 3 rings (SSSR count). The van der Waals surface area contributed by atoms with Crippen LogP contribution < -0.4 is 9.04 Å². The van der Waals surface area contributed by atoms with Gasteiger partial charge in [0.2, 0.25) is 0 Å². The Morgan fingerprint density at radius 1 is 1.17 bits per heavy atom. The lowest BCUT2D eigenvalue weighted by Crippen LogP contribution is -2.33. The lowest BCUT2D eigenvalue weighted by atomic mass is 9.88. The lowest BCUT2D eigenvalue weighted by Gasteiger charge is -2.33. The van der Waals surface area contributed by atoms with E-state index in [4.69, 9.17) is 14.2 Å². The van der Waals surface area contributed by atoms with Crippen molar-refractivity contribution < 1.29 is 23.2 Å². The Labute approximate surface area is 218 Å². The highest BCUT2D eigenvalue weighted by Crippen LogP contribution is 2.38. The van der Waals surface area contributed by atoms with Gasteiger partial charge in [0, 0.05) is 25.9 Å². The summed E-state index contributed by atoms with van der Waals surface area (Å²) in [5.74, 6) is 0.737. The molecule has 36 heavy (non-hydrogen) atoms. The Morgan fingerprint density at radius 2 is 1.89 bits per heavy atom. The third kappa shape index (κ3) is 6.68. The fourth-order valence-electron chi connectivity index (χ4n) is 4.73. The van der Waals surface area contributed by atoms with Crippen molar-refractivity contribution in [2.45, 2.75) is 70.8 Å². The van der Waals surface area contributed by atoms with Crippen LogP contribution in [0.5, 0.6) is 5.75 Å². The van der Waals surface area contributed by atoms with Crippen LogP contribution in [0.25, 0.3) is 0 Å². The quantitative estimate of drug-likeness (QED) is 0.326. The van der Waals surface area contributed by atoms with Gasteiger partial charge in [-0.15, -0.1) is 0 Å². The predicted octanol–water partition coefficient (Wildman–Crippen LogP) is 5.98. The molecule has 0 saturated heterocycles. The molecule has 3 atom stereocenters. The Bertz CT molecular complexity index is 1040. The first-order valence-corrected chi connectivity index (χ1v) is 14.1. The van der Waals surface area contributed by atoms with Gasteiger partial charge in [-0.1, -0.05) is 39.8 Å². The van der Waals surface area contributed by atoms with Crippen molar-refractivity contribution in [1.29, 1.82) is 0 Å². The van der Waals surface area contributed by atoms with E-state index < -0.39 is 17.0 Å². The molecule has 3 unspecified atom stereocenters. The first-order valence-electron chi connectivity index (χ1n) is 13.0. The minimum atomic E-state index is -1.50. The van der Waals surface area contributed by atoms with Crippen molar-refractivity contribution in [3.63, 3.8) is 0 Å². The first-order chi connectivity index (χ1) is 17.3. The zero-order valence-electron chi connectivity index (χ0n) is 22.5. The Kier molecular flexibility index (Phi) is 10.4. The van der Waals surface area contributed by atoms with Gasteiger partial charge in [-0.3, -0.25) is 4.31 Å². The van der Waals surface area contributed by atoms with E-state index in [1.807, 2.05) is 22.5 Å². The standard InChI is InChI=1S/C29H41NO5S/c1-7-21-9-12-24(13-10-21)30(19-20(3)4)36(32)25-17-23-11-14-27(22(8-2)15-16-33-5)35-28(23)26(18-25)29(31)34-6/h9-10,12-13,17-18,20,22,27H,7-8,11,14-16,19H2,1-6H3. The first kappa shape index (κ1) is 28.2. The van der Waals surface area contributed by atoms with Crippen molar-refractivity contribution >= 4 is 22.6 Å². The molecule has 0 bridgehead atoms. The molecule has 0 N–H and O–H groups in total. The third-order valence-corrected chi connectivity index (χ3v) is 8.22. The molecule has 0 spiro atoms. The summed E-state index contributed by atoms with van der Waals surface area (Å²) in [4.78, 5) is 13.4. The number of methoxy groups -OCH3 is 2. The van der Waals surface area contributed by atoms with Gasteiger partial charge < -0.3 is 14.2 Å². The van der Waals surface area contributed by atoms with Crippen LogP contribution in [0.4, 0.5) is 5.69 Å². The largest absolute Gasteiger partial charge is 0.489 e. The van der Waals surface area contributed by atoms with E-state index in [1.54, 1.807) is 13.2 Å². The van der Waals surface area contributed by atoms with Gasteiger partial charge in [-0.25, -0.2) is 9.00 Å². The van der Waals surface area contributed by atoms with E-state index in [0.717, 1.165) is 43.4 Å². The number of ether oxygens (including phenoxy) is 3. The van der Waals surface area contributed by atoms with Crippen LogP contribution in [0.1, 0.15) is 68.4 Å². The topological polar surface area (TPSA) is 65.1 Å². The van der Waals surface area contributed by atoms with Crippen molar-refractivity contribution in [3.8, 4) is 5.75 Å². The number of anilines is 1. The monoisotopic (exact) mass is 515 g/mol. The third-order valence-electron chi connectivity index (χ3n) is 6.82. The smallest absolute Gasteiger partial charge is 0.341 e. The molecular weight excluding hydrogens is 474 g/mol. The highest BCUT2D eigenvalue weighted by molar-refractivity contribution is 7.86. The summed E-state index contributed by atoms with van der Waals surface area (Å²) in [5.41, 5.74) is 3.38. The number of hydrogen-bond donors (Lipinski definition) is 0. The van der Waals surface area contributed by atoms with Gasteiger partial charge in [-0.2, -0.15) is 0 Å². The maximum atomic E-state index is 14.0. The van der Waals surface area contributed by atoms with E-state index in [0.29, 0.717) is 41.2 Å². The molecule has 2 aromatic rings. The number of hydrogen-bond acceptors (Lipinski definition) is 5. The van der Waals surface area contributed by atoms with Crippen molar-refractivity contribution in [2.75, 3.05) is 31.7 Å². The number of nitrogens with zero attached hydrogens (tertiary/aromatic N) is 1. The van der Waals surface area contributed by atoms with Gasteiger partial charge in [0.15, 0.2) is 11.0 Å². The summed E-state index contributed by atoms with van der Waals surface area (Å²) in [5, 5.41) is 0. The van der Waals surface area contributed by atoms with Crippen LogP contribution in [0.2, 0.25) is 0 Å². The normalized spacial score (nSPS) is 16.7. The number of esters is 1. The predicted molar refractivity (Wildman–Crippen MR) is 145 cm³/mol. The summed E-state index contributed by atoms with van der Waals surface area (Å²) in [6, 6.07) is 11.8. The van der Waals surface area contributed by atoms with Crippen LogP contribution >= 0.6 is 0 Å². The Hall–Kier alpha value is -2.38. The van der Waals surface area contributed by atoms with Crippen LogP contribution in [-0.2, 0) is 33.3 Å². The van der Waals surface area contributed by atoms with Crippen molar-refractivity contribution in [1.82, 2.24) is 0 Å². The van der Waals surface area contributed by atoms with Crippen LogP contribution in [-0.4, -0.2) is 43.7 Å². The van der Waals surface area contributed by atoms with Gasteiger partial charge in [-0.05, 0) is 79.3 Å². The summed E-state index contributed by atoms with van der Waals surface area (Å²) >= 11 is 0. The zero-order valence-corrected chi connectivity index (χ0v) is 23.4. The molecule has 7 heteroatoms. The molecule has 0 fully saturated rings. The molecule has 1 aliphatic heterocycles. The second-order valence-electron chi connectivity index (χ2n) is 9.82. The minimum absolute atomic E-state index is 0.00641.